The number of carbonyl (C=O) groups is 1. The maximum Gasteiger partial charge on any atom is 0.410 e. The summed E-state index contributed by atoms with van der Waals surface area (Å²) in [6.07, 6.45) is 3.78. The first kappa shape index (κ1) is 27.8. The molecular weight excluding hydrogens is 486 g/mol. The largest absolute Gasteiger partial charge is 0.450 e. The van der Waals surface area contributed by atoms with Crippen LogP contribution in [0.1, 0.15) is 62.5 Å². The highest BCUT2D eigenvalue weighted by molar-refractivity contribution is 6.02. The lowest BCUT2D eigenvalue weighted by Crippen LogP contribution is -2.31. The van der Waals surface area contributed by atoms with Crippen LogP contribution in [0, 0.1) is 0 Å². The van der Waals surface area contributed by atoms with Gasteiger partial charge in [0.25, 0.3) is 0 Å². The Hall–Kier alpha value is -4.26. The van der Waals surface area contributed by atoms with E-state index in [-0.39, 0.29) is 19.7 Å². The van der Waals surface area contributed by atoms with E-state index in [4.69, 9.17) is 25.4 Å². The highest BCUT2D eigenvalue weighted by Gasteiger charge is 2.19. The second-order valence-corrected chi connectivity index (χ2v) is 9.57. The number of aromatic nitrogens is 3. The van der Waals surface area contributed by atoms with Crippen LogP contribution in [-0.4, -0.2) is 32.6 Å². The molecule has 0 fully saturated rings. The number of amides is 1. The molecule has 0 unspecified atom stereocenters. The van der Waals surface area contributed by atoms with Crippen LogP contribution in [-0.2, 0) is 30.7 Å². The minimum atomic E-state index is -0.417. The Morgan fingerprint density at radius 2 is 1.46 bits per heavy atom. The molecule has 0 aliphatic carbocycles. The lowest BCUT2D eigenvalue weighted by molar-refractivity contribution is 0.101. The monoisotopic (exact) mass is 523 g/mol. The second-order valence-electron chi connectivity index (χ2n) is 9.57. The summed E-state index contributed by atoms with van der Waals surface area (Å²) in [4.78, 5) is 29.3. The lowest BCUT2D eigenvalue weighted by atomic mass is 10.0. The fourth-order valence-corrected chi connectivity index (χ4v) is 4.52. The minimum absolute atomic E-state index is 0.267. The zero-order valence-electron chi connectivity index (χ0n) is 23.3. The van der Waals surface area contributed by atoms with Gasteiger partial charge in [0.1, 0.15) is 0 Å². The van der Waals surface area contributed by atoms with Crippen molar-refractivity contribution >= 4 is 33.6 Å². The smallest absolute Gasteiger partial charge is 0.410 e. The summed E-state index contributed by atoms with van der Waals surface area (Å²) in [5, 5.41) is 2.01. The van der Waals surface area contributed by atoms with Gasteiger partial charge in [-0.05, 0) is 56.0 Å². The van der Waals surface area contributed by atoms with Gasteiger partial charge in [-0.15, -0.1) is 6.58 Å². The summed E-state index contributed by atoms with van der Waals surface area (Å²) < 4.78 is 5.40. The van der Waals surface area contributed by atoms with Gasteiger partial charge < -0.3 is 10.5 Å². The maximum absolute atomic E-state index is 13.0. The summed E-state index contributed by atoms with van der Waals surface area (Å²) in [6, 6.07) is 16.1. The molecular formula is C32H37N5O2. The number of benzene rings is 1. The van der Waals surface area contributed by atoms with Crippen LogP contribution >= 0.6 is 0 Å². The Morgan fingerprint density at radius 1 is 0.897 bits per heavy atom. The van der Waals surface area contributed by atoms with Gasteiger partial charge in [0.05, 0.1) is 53.5 Å². The normalized spacial score (nSPS) is 11.9. The highest BCUT2D eigenvalue weighted by Crippen LogP contribution is 2.25. The average Bonchev–Trinajstić information content (AvgIpc) is 2.96. The molecule has 202 valence electrons. The Labute approximate surface area is 230 Å². The summed E-state index contributed by atoms with van der Waals surface area (Å²) >= 11 is 0. The molecule has 1 aromatic carbocycles. The van der Waals surface area contributed by atoms with Crippen molar-refractivity contribution in [1.29, 1.82) is 0 Å². The van der Waals surface area contributed by atoms with Crippen molar-refractivity contribution < 1.29 is 9.53 Å². The van der Waals surface area contributed by atoms with Crippen LogP contribution in [0.5, 0.6) is 0 Å². The van der Waals surface area contributed by atoms with E-state index in [9.17, 15) is 4.79 Å². The Bertz CT molecular complexity index is 1540. The van der Waals surface area contributed by atoms with Crippen molar-refractivity contribution in [3.05, 3.63) is 95.1 Å². The third kappa shape index (κ3) is 6.25. The van der Waals surface area contributed by atoms with Crippen molar-refractivity contribution in [3.8, 4) is 0 Å². The third-order valence-electron chi connectivity index (χ3n) is 6.88. The van der Waals surface area contributed by atoms with Crippen LogP contribution in [0.4, 0.5) is 4.79 Å². The van der Waals surface area contributed by atoms with Gasteiger partial charge in [-0.3, -0.25) is 9.88 Å². The molecule has 0 atom stereocenters. The van der Waals surface area contributed by atoms with E-state index >= 15 is 0 Å². The lowest BCUT2D eigenvalue weighted by Gasteiger charge is -2.22. The van der Waals surface area contributed by atoms with Gasteiger partial charge in [-0.1, -0.05) is 50.3 Å². The van der Waals surface area contributed by atoms with E-state index in [2.05, 4.69) is 32.6 Å². The molecule has 0 bridgehead atoms. The van der Waals surface area contributed by atoms with Crippen LogP contribution in [0.3, 0.4) is 0 Å². The van der Waals surface area contributed by atoms with Crippen LogP contribution in [0.25, 0.3) is 27.5 Å². The summed E-state index contributed by atoms with van der Waals surface area (Å²) in [7, 11) is 0. The van der Waals surface area contributed by atoms with E-state index in [1.54, 1.807) is 11.8 Å². The number of fused-ring (bicyclic) bond motifs is 3. The summed E-state index contributed by atoms with van der Waals surface area (Å²) in [5.74, 6) is 0. The molecule has 0 aliphatic heterocycles. The quantitative estimate of drug-likeness (QED) is 0.183. The first-order valence-electron chi connectivity index (χ1n) is 13.5. The first-order chi connectivity index (χ1) is 18.9. The molecule has 1 amide bonds. The molecule has 0 spiro atoms. The molecule has 3 aromatic heterocycles. The summed E-state index contributed by atoms with van der Waals surface area (Å²) in [5.41, 5.74) is 14.2. The Kier molecular flexibility index (Phi) is 8.92. The zero-order chi connectivity index (χ0) is 27.9. The fraction of sp³-hybridized carbons (Fsp3) is 0.312. The number of carbonyl (C=O) groups excluding carboxylic acids is 1. The van der Waals surface area contributed by atoms with E-state index in [1.165, 1.54) is 0 Å². The molecule has 0 saturated heterocycles. The van der Waals surface area contributed by atoms with Crippen LogP contribution in [0.15, 0.2) is 66.8 Å². The van der Waals surface area contributed by atoms with Crippen LogP contribution < -0.4 is 5.73 Å². The number of hydrogen-bond acceptors (Lipinski definition) is 6. The van der Waals surface area contributed by atoms with E-state index in [1.807, 2.05) is 49.4 Å². The average molecular weight is 524 g/mol. The van der Waals surface area contributed by atoms with Crippen molar-refractivity contribution in [2.24, 2.45) is 5.73 Å². The highest BCUT2D eigenvalue weighted by atomic mass is 16.6. The molecule has 39 heavy (non-hydrogen) atoms. The second kappa shape index (κ2) is 12.5. The van der Waals surface area contributed by atoms with E-state index in [0.717, 1.165) is 68.6 Å². The number of nitrogens with zero attached hydrogens (tertiary/aromatic N) is 4. The topological polar surface area (TPSA) is 94.2 Å². The van der Waals surface area contributed by atoms with Crippen molar-refractivity contribution in [2.45, 2.75) is 60.0 Å². The van der Waals surface area contributed by atoms with E-state index < -0.39 is 6.09 Å². The molecule has 7 nitrogen and oxygen atoms in total. The van der Waals surface area contributed by atoms with Gasteiger partial charge in [0.15, 0.2) is 0 Å². The SMILES string of the molecule is C=CCc1ccc2ccc3ccc(CN(Cc4ccc(CC)c(/C(N)=C(/C)CC)n4)C(=O)OCC)nc3c2n1. The summed E-state index contributed by atoms with van der Waals surface area (Å²) in [6.45, 7) is 12.6. The van der Waals surface area contributed by atoms with E-state index in [0.29, 0.717) is 12.1 Å². The standard InChI is InChI=1S/C32H37N5O2/c1-6-10-25-16-14-23-11-12-24-15-18-27(36-31(24)30(23)34-25)20-37(32(38)39-9-4)19-26-17-13-22(8-3)29(35-26)28(33)21(5)7-2/h6,11-18H,1,7-10,19-20,33H2,2-5H3/b28-21+. The van der Waals surface area contributed by atoms with Gasteiger partial charge in [0.2, 0.25) is 0 Å². The van der Waals surface area contributed by atoms with Crippen molar-refractivity contribution in [2.75, 3.05) is 6.61 Å². The number of rotatable bonds is 10. The van der Waals surface area contributed by atoms with Crippen molar-refractivity contribution in [3.63, 3.8) is 0 Å². The first-order valence-corrected chi connectivity index (χ1v) is 13.5. The minimum Gasteiger partial charge on any atom is -0.450 e. The predicted molar refractivity (Wildman–Crippen MR) is 158 cm³/mol. The fourth-order valence-electron chi connectivity index (χ4n) is 4.52. The molecule has 2 N–H and O–H groups in total. The molecule has 0 saturated carbocycles. The van der Waals surface area contributed by atoms with Crippen molar-refractivity contribution in [1.82, 2.24) is 19.9 Å². The number of hydrogen-bond donors (Lipinski definition) is 1. The predicted octanol–water partition coefficient (Wildman–Crippen LogP) is 6.73. The molecule has 4 rings (SSSR count). The molecule has 3 heterocycles. The zero-order valence-corrected chi connectivity index (χ0v) is 23.3. The molecule has 4 aromatic rings. The van der Waals surface area contributed by atoms with Gasteiger partial charge in [0, 0.05) is 22.9 Å². The molecule has 0 radical (unpaired) electrons. The molecule has 0 aliphatic rings. The third-order valence-corrected chi connectivity index (χ3v) is 6.88. The number of allylic oxidation sites excluding steroid dienone is 2. The number of ether oxygens (including phenoxy) is 1. The number of aryl methyl sites for hydroxylation is 1. The Morgan fingerprint density at radius 3 is 2.05 bits per heavy atom. The number of nitrogens with two attached hydrogens (primary N) is 1. The molecule has 7 heteroatoms. The van der Waals surface area contributed by atoms with Gasteiger partial charge in [-0.2, -0.15) is 0 Å². The number of pyridine rings is 3. The Balaban J connectivity index is 1.71. The maximum atomic E-state index is 13.0. The van der Waals surface area contributed by atoms with Crippen LogP contribution in [0.2, 0.25) is 0 Å². The van der Waals surface area contributed by atoms with Gasteiger partial charge in [-0.25, -0.2) is 14.8 Å². The van der Waals surface area contributed by atoms with Gasteiger partial charge >= 0.3 is 6.09 Å².